The molecule has 0 aromatic heterocycles. The van der Waals surface area contributed by atoms with Gasteiger partial charge in [0.05, 0.1) is 15.6 Å². The van der Waals surface area contributed by atoms with E-state index < -0.39 is 10.0 Å². The number of nitrogen functional groups attached to an aromatic ring is 1. The number of nitrogens with zero attached hydrogens (tertiary/aromatic N) is 1. The van der Waals surface area contributed by atoms with Gasteiger partial charge in [-0.2, -0.15) is 0 Å². The smallest absolute Gasteiger partial charge is 0.242 e. The summed E-state index contributed by atoms with van der Waals surface area (Å²) in [5.74, 6) is 0.513. The molecule has 0 unspecified atom stereocenters. The van der Waals surface area contributed by atoms with Crippen LogP contribution in [0.1, 0.15) is 12.8 Å². The van der Waals surface area contributed by atoms with Crippen LogP contribution in [0.3, 0.4) is 0 Å². The third-order valence-corrected chi connectivity index (χ3v) is 5.04. The summed E-state index contributed by atoms with van der Waals surface area (Å²) in [5.41, 5.74) is 5.94. The molecule has 1 fully saturated rings. The van der Waals surface area contributed by atoms with Crippen molar-refractivity contribution in [3.05, 3.63) is 23.2 Å². The Morgan fingerprint density at radius 1 is 1.47 bits per heavy atom. The van der Waals surface area contributed by atoms with Gasteiger partial charge in [0.2, 0.25) is 10.0 Å². The van der Waals surface area contributed by atoms with E-state index in [1.54, 1.807) is 7.05 Å². The van der Waals surface area contributed by atoms with Crippen molar-refractivity contribution in [3.63, 3.8) is 0 Å². The average Bonchev–Trinajstić information content (AvgIpc) is 3.05. The van der Waals surface area contributed by atoms with E-state index in [1.807, 2.05) is 0 Å². The third kappa shape index (κ3) is 2.73. The minimum atomic E-state index is -3.44. The monoisotopic (exact) mass is 274 g/mol. The summed E-state index contributed by atoms with van der Waals surface area (Å²) in [5, 5.41) is 0.269. The Bertz CT molecular complexity index is 526. The molecule has 94 valence electrons. The predicted octanol–water partition coefficient (Wildman–Crippen LogP) is 1.95. The molecule has 1 saturated carbocycles. The Morgan fingerprint density at radius 2 is 2.12 bits per heavy atom. The van der Waals surface area contributed by atoms with Crippen LogP contribution < -0.4 is 5.73 Å². The molecule has 0 radical (unpaired) electrons. The van der Waals surface area contributed by atoms with Gasteiger partial charge in [0.25, 0.3) is 0 Å². The molecule has 0 spiro atoms. The molecule has 0 amide bonds. The molecule has 0 saturated heterocycles. The zero-order valence-electron chi connectivity index (χ0n) is 9.56. The summed E-state index contributed by atoms with van der Waals surface area (Å²) in [4.78, 5) is 0.194. The number of hydrogen-bond acceptors (Lipinski definition) is 3. The highest BCUT2D eigenvalue weighted by atomic mass is 35.5. The first-order valence-corrected chi connectivity index (χ1v) is 7.24. The van der Waals surface area contributed by atoms with Crippen LogP contribution in [0.5, 0.6) is 0 Å². The largest absolute Gasteiger partial charge is 0.398 e. The summed E-state index contributed by atoms with van der Waals surface area (Å²) in [7, 11) is -1.84. The van der Waals surface area contributed by atoms with E-state index in [1.165, 1.54) is 22.5 Å². The van der Waals surface area contributed by atoms with Gasteiger partial charge in [0.15, 0.2) is 0 Å². The molecule has 6 heteroatoms. The number of sulfonamides is 1. The number of anilines is 1. The summed E-state index contributed by atoms with van der Waals surface area (Å²) in [6.07, 6.45) is 2.23. The molecule has 0 heterocycles. The topological polar surface area (TPSA) is 63.4 Å². The standard InChI is InChI=1S/C11H15ClN2O2S/c1-14(7-8-2-3-8)17(15,16)9-4-5-11(13)10(12)6-9/h4-6,8H,2-3,7,13H2,1H3. The lowest BCUT2D eigenvalue weighted by Gasteiger charge is -2.17. The molecule has 0 bridgehead atoms. The highest BCUT2D eigenvalue weighted by Crippen LogP contribution is 2.31. The number of hydrogen-bond donors (Lipinski definition) is 1. The van der Waals surface area contributed by atoms with Gasteiger partial charge in [0, 0.05) is 13.6 Å². The van der Waals surface area contributed by atoms with Crippen LogP contribution in [-0.2, 0) is 10.0 Å². The maximum absolute atomic E-state index is 12.2. The van der Waals surface area contributed by atoms with Crippen molar-refractivity contribution in [1.29, 1.82) is 0 Å². The molecule has 1 aliphatic rings. The quantitative estimate of drug-likeness (QED) is 0.854. The second kappa shape index (κ2) is 4.48. The zero-order chi connectivity index (χ0) is 12.6. The van der Waals surface area contributed by atoms with Crippen LogP contribution >= 0.6 is 11.6 Å². The van der Waals surface area contributed by atoms with Crippen LogP contribution in [0.15, 0.2) is 23.1 Å². The molecule has 2 rings (SSSR count). The van der Waals surface area contributed by atoms with Gasteiger partial charge >= 0.3 is 0 Å². The van der Waals surface area contributed by atoms with Crippen LogP contribution in [0.4, 0.5) is 5.69 Å². The molecular weight excluding hydrogens is 260 g/mol. The molecule has 4 nitrogen and oxygen atoms in total. The van der Waals surface area contributed by atoms with Crippen LogP contribution in [0.25, 0.3) is 0 Å². The minimum absolute atomic E-state index is 0.194. The van der Waals surface area contributed by atoms with Crippen molar-refractivity contribution >= 4 is 27.3 Å². The van der Waals surface area contributed by atoms with E-state index >= 15 is 0 Å². The van der Waals surface area contributed by atoms with Crippen LogP contribution in [0.2, 0.25) is 5.02 Å². The number of nitrogens with two attached hydrogens (primary N) is 1. The normalized spacial score (nSPS) is 16.4. The minimum Gasteiger partial charge on any atom is -0.398 e. The Kier molecular flexibility index (Phi) is 3.34. The van der Waals surface area contributed by atoms with Gasteiger partial charge in [-0.1, -0.05) is 11.6 Å². The van der Waals surface area contributed by atoms with Crippen LogP contribution in [-0.4, -0.2) is 26.3 Å². The number of halogens is 1. The highest BCUT2D eigenvalue weighted by molar-refractivity contribution is 7.89. The maximum atomic E-state index is 12.2. The van der Waals surface area contributed by atoms with Crippen LogP contribution in [0, 0.1) is 5.92 Å². The number of rotatable bonds is 4. The van der Waals surface area contributed by atoms with Crippen molar-refractivity contribution in [2.75, 3.05) is 19.3 Å². The van der Waals surface area contributed by atoms with Crippen molar-refractivity contribution in [3.8, 4) is 0 Å². The Hall–Kier alpha value is -0.780. The van der Waals surface area contributed by atoms with Gasteiger partial charge in [-0.15, -0.1) is 0 Å². The Labute approximate surface area is 106 Å². The fraction of sp³-hybridized carbons (Fsp3) is 0.455. The summed E-state index contributed by atoms with van der Waals surface area (Å²) in [6, 6.07) is 4.40. The van der Waals surface area contributed by atoms with E-state index in [0.717, 1.165) is 12.8 Å². The van der Waals surface area contributed by atoms with E-state index in [4.69, 9.17) is 17.3 Å². The van der Waals surface area contributed by atoms with E-state index in [9.17, 15) is 8.42 Å². The fourth-order valence-corrected chi connectivity index (χ4v) is 3.13. The molecular formula is C11H15ClN2O2S. The lowest BCUT2D eigenvalue weighted by Crippen LogP contribution is -2.28. The summed E-state index contributed by atoms with van der Waals surface area (Å²) >= 11 is 5.83. The zero-order valence-corrected chi connectivity index (χ0v) is 11.1. The van der Waals surface area contributed by atoms with E-state index in [0.29, 0.717) is 18.2 Å². The van der Waals surface area contributed by atoms with Gasteiger partial charge < -0.3 is 5.73 Å². The van der Waals surface area contributed by atoms with E-state index in [2.05, 4.69) is 0 Å². The van der Waals surface area contributed by atoms with Gasteiger partial charge in [-0.25, -0.2) is 12.7 Å². The van der Waals surface area contributed by atoms with Gasteiger partial charge in [-0.3, -0.25) is 0 Å². The van der Waals surface area contributed by atoms with Gasteiger partial charge in [0.1, 0.15) is 0 Å². The van der Waals surface area contributed by atoms with Crippen molar-refractivity contribution < 1.29 is 8.42 Å². The molecule has 17 heavy (non-hydrogen) atoms. The predicted molar refractivity (Wildman–Crippen MR) is 68.4 cm³/mol. The van der Waals surface area contributed by atoms with E-state index in [-0.39, 0.29) is 9.92 Å². The average molecular weight is 275 g/mol. The fourth-order valence-electron chi connectivity index (χ4n) is 1.61. The first-order chi connectivity index (χ1) is 7.91. The maximum Gasteiger partial charge on any atom is 0.242 e. The molecule has 1 aromatic rings. The molecule has 1 aromatic carbocycles. The second-order valence-corrected chi connectivity index (χ2v) is 6.86. The molecule has 2 N–H and O–H groups in total. The third-order valence-electron chi connectivity index (χ3n) is 2.89. The van der Waals surface area contributed by atoms with Crippen molar-refractivity contribution in [2.45, 2.75) is 17.7 Å². The lowest BCUT2D eigenvalue weighted by molar-refractivity contribution is 0.453. The molecule has 1 aliphatic carbocycles. The first kappa shape index (κ1) is 12.7. The molecule has 0 aliphatic heterocycles. The lowest BCUT2D eigenvalue weighted by atomic mass is 10.3. The highest BCUT2D eigenvalue weighted by Gasteiger charge is 2.29. The molecule has 0 atom stereocenters. The number of benzene rings is 1. The SMILES string of the molecule is CN(CC1CC1)S(=O)(=O)c1ccc(N)c(Cl)c1. The first-order valence-electron chi connectivity index (χ1n) is 5.42. The van der Waals surface area contributed by atoms with Crippen molar-refractivity contribution in [2.24, 2.45) is 5.92 Å². The summed E-state index contributed by atoms with van der Waals surface area (Å²) < 4.78 is 25.8. The van der Waals surface area contributed by atoms with Crippen molar-refractivity contribution in [1.82, 2.24) is 4.31 Å². The Morgan fingerprint density at radius 3 is 2.65 bits per heavy atom. The summed E-state index contributed by atoms with van der Waals surface area (Å²) in [6.45, 7) is 0.574. The Balaban J connectivity index is 2.26. The second-order valence-electron chi connectivity index (χ2n) is 4.41. The van der Waals surface area contributed by atoms with Gasteiger partial charge in [-0.05, 0) is 37.0 Å².